The van der Waals surface area contributed by atoms with Crippen molar-refractivity contribution in [2.45, 2.75) is 96.4 Å². The van der Waals surface area contributed by atoms with Gasteiger partial charge in [0, 0.05) is 24.2 Å². The SMILES string of the molecule is CC(C)[C@]1(C(=O)N2CCc3c(cc(C(F)(F)F)c[n+]3[O-])C2)CC[C@@H](NC2CCCCC2)C1. The minimum absolute atomic E-state index is 0.0287. The van der Waals surface area contributed by atoms with Gasteiger partial charge in [-0.25, -0.2) is 0 Å². The lowest BCUT2D eigenvalue weighted by atomic mass is 9.74. The highest BCUT2D eigenvalue weighted by molar-refractivity contribution is 5.83. The van der Waals surface area contributed by atoms with E-state index in [4.69, 9.17) is 0 Å². The Bertz CT molecular complexity index is 852. The maximum Gasteiger partial charge on any atom is 0.422 e. The second-order valence-electron chi connectivity index (χ2n) is 10.3. The van der Waals surface area contributed by atoms with Crippen LogP contribution in [0.25, 0.3) is 0 Å². The van der Waals surface area contributed by atoms with Gasteiger partial charge >= 0.3 is 6.18 Å². The average Bonchev–Trinajstić information content (AvgIpc) is 3.18. The van der Waals surface area contributed by atoms with E-state index < -0.39 is 17.2 Å². The average molecular weight is 454 g/mol. The van der Waals surface area contributed by atoms with Gasteiger partial charge in [0.05, 0.1) is 18.4 Å². The number of carbonyl (C=O) groups excluding carboxylic acids is 1. The van der Waals surface area contributed by atoms with E-state index >= 15 is 0 Å². The molecule has 0 aromatic carbocycles. The number of halogens is 3. The summed E-state index contributed by atoms with van der Waals surface area (Å²) < 4.78 is 39.9. The predicted molar refractivity (Wildman–Crippen MR) is 114 cm³/mol. The standard InChI is InChI=1S/C24H34F3N3O2/c1-16(2)23(10-8-20(13-23)28-19-6-4-3-5-7-19)22(31)29-11-9-21-17(14-29)12-18(15-30(21)32)24(25,26)27/h12,15-16,19-20,28H,3-11,13-14H2,1-2H3/t20-,23+/m1/s1. The zero-order valence-electron chi connectivity index (χ0n) is 19.0. The summed E-state index contributed by atoms with van der Waals surface area (Å²) in [6, 6.07) is 1.87. The first-order valence-electron chi connectivity index (χ1n) is 12.0. The highest BCUT2D eigenvalue weighted by atomic mass is 19.4. The summed E-state index contributed by atoms with van der Waals surface area (Å²) in [5.74, 6) is 0.168. The summed E-state index contributed by atoms with van der Waals surface area (Å²) in [5, 5.41) is 16.0. The van der Waals surface area contributed by atoms with Crippen molar-refractivity contribution in [2.75, 3.05) is 6.54 Å². The number of hydrogen-bond donors (Lipinski definition) is 1. The van der Waals surface area contributed by atoms with Gasteiger partial charge in [-0.1, -0.05) is 33.1 Å². The molecule has 4 rings (SSSR count). The molecule has 2 fully saturated rings. The quantitative estimate of drug-likeness (QED) is 0.545. The molecule has 8 heteroatoms. The third kappa shape index (κ3) is 4.47. The lowest BCUT2D eigenvalue weighted by molar-refractivity contribution is -0.616. The molecule has 0 unspecified atom stereocenters. The van der Waals surface area contributed by atoms with Crippen LogP contribution in [0.4, 0.5) is 13.2 Å². The lowest BCUT2D eigenvalue weighted by Crippen LogP contribution is -2.50. The number of nitrogens with zero attached hydrogens (tertiary/aromatic N) is 2. The Kier molecular flexibility index (Phi) is 6.45. The van der Waals surface area contributed by atoms with Crippen molar-refractivity contribution in [1.29, 1.82) is 0 Å². The molecule has 2 heterocycles. The maximum absolute atomic E-state index is 13.8. The highest BCUT2D eigenvalue weighted by Gasteiger charge is 2.50. The smallest absolute Gasteiger partial charge is 0.422 e. The van der Waals surface area contributed by atoms with Crippen LogP contribution < -0.4 is 10.0 Å². The van der Waals surface area contributed by atoms with Gasteiger partial charge in [0.25, 0.3) is 0 Å². The fraction of sp³-hybridized carbons (Fsp3) is 0.750. The van der Waals surface area contributed by atoms with Crippen LogP contribution in [0.15, 0.2) is 12.3 Å². The Morgan fingerprint density at radius 3 is 2.59 bits per heavy atom. The topological polar surface area (TPSA) is 59.3 Å². The van der Waals surface area contributed by atoms with Crippen LogP contribution in [-0.4, -0.2) is 29.4 Å². The Hall–Kier alpha value is -1.83. The van der Waals surface area contributed by atoms with Crippen LogP contribution >= 0.6 is 0 Å². The Balaban J connectivity index is 1.51. The van der Waals surface area contributed by atoms with Crippen LogP contribution in [0.2, 0.25) is 0 Å². The number of aromatic nitrogens is 1. The first-order chi connectivity index (χ1) is 15.1. The molecule has 2 saturated carbocycles. The van der Waals surface area contributed by atoms with Crippen LogP contribution in [0, 0.1) is 16.5 Å². The summed E-state index contributed by atoms with van der Waals surface area (Å²) in [4.78, 5) is 15.5. The first kappa shape index (κ1) is 23.3. The van der Waals surface area contributed by atoms with Crippen molar-refractivity contribution in [2.24, 2.45) is 11.3 Å². The number of nitrogens with one attached hydrogen (secondary N) is 1. The lowest BCUT2D eigenvalue weighted by Gasteiger charge is -2.39. The van der Waals surface area contributed by atoms with Crippen molar-refractivity contribution < 1.29 is 22.7 Å². The van der Waals surface area contributed by atoms with Crippen LogP contribution in [0.5, 0.6) is 0 Å². The number of rotatable bonds is 4. The fourth-order valence-electron chi connectivity index (χ4n) is 6.02. The Morgan fingerprint density at radius 1 is 1.22 bits per heavy atom. The summed E-state index contributed by atoms with van der Waals surface area (Å²) >= 11 is 0. The van der Waals surface area contributed by atoms with Gasteiger partial charge < -0.3 is 15.4 Å². The molecule has 32 heavy (non-hydrogen) atoms. The van der Waals surface area contributed by atoms with E-state index in [2.05, 4.69) is 19.2 Å². The number of fused-ring (bicyclic) bond motifs is 1. The normalized spacial score (nSPS) is 27.1. The maximum atomic E-state index is 13.8. The molecule has 178 valence electrons. The van der Waals surface area contributed by atoms with E-state index in [9.17, 15) is 23.2 Å². The number of hydrogen-bond acceptors (Lipinski definition) is 3. The molecule has 1 aromatic rings. The molecule has 3 aliphatic rings. The van der Waals surface area contributed by atoms with Crippen LogP contribution in [0.3, 0.4) is 0 Å². The molecule has 5 nitrogen and oxygen atoms in total. The molecule has 1 aromatic heterocycles. The molecule has 0 spiro atoms. The van der Waals surface area contributed by atoms with Crippen molar-refractivity contribution in [3.05, 3.63) is 34.3 Å². The molecular formula is C24H34F3N3O2. The van der Waals surface area contributed by atoms with Crippen molar-refractivity contribution >= 4 is 5.91 Å². The minimum Gasteiger partial charge on any atom is -0.618 e. The van der Waals surface area contributed by atoms with Gasteiger partial charge in [0.15, 0.2) is 11.9 Å². The summed E-state index contributed by atoms with van der Waals surface area (Å²) in [6.45, 7) is 4.59. The Labute approximate surface area is 187 Å². The number of carbonyl (C=O) groups is 1. The van der Waals surface area contributed by atoms with E-state index in [1.165, 1.54) is 32.1 Å². The van der Waals surface area contributed by atoms with Crippen molar-refractivity contribution in [1.82, 2.24) is 10.2 Å². The van der Waals surface area contributed by atoms with Gasteiger partial charge in [-0.3, -0.25) is 4.79 Å². The van der Waals surface area contributed by atoms with Gasteiger partial charge in [-0.2, -0.15) is 17.9 Å². The molecule has 1 amide bonds. The first-order valence-corrected chi connectivity index (χ1v) is 12.0. The van der Waals surface area contributed by atoms with Crippen LogP contribution in [0.1, 0.15) is 82.0 Å². The third-order valence-electron chi connectivity index (χ3n) is 7.97. The number of amides is 1. The van der Waals surface area contributed by atoms with Crippen molar-refractivity contribution in [3.63, 3.8) is 0 Å². The molecule has 2 aliphatic carbocycles. The second kappa shape index (κ2) is 8.84. The van der Waals surface area contributed by atoms with E-state index in [1.807, 2.05) is 0 Å². The van der Waals surface area contributed by atoms with E-state index in [0.717, 1.165) is 25.3 Å². The Morgan fingerprint density at radius 2 is 1.94 bits per heavy atom. The van der Waals surface area contributed by atoms with Gasteiger partial charge in [-0.15, -0.1) is 0 Å². The molecule has 0 bridgehead atoms. The minimum atomic E-state index is -4.59. The van der Waals surface area contributed by atoms with E-state index in [0.29, 0.717) is 40.8 Å². The number of alkyl halides is 3. The molecular weight excluding hydrogens is 419 g/mol. The number of pyridine rings is 1. The molecule has 0 radical (unpaired) electrons. The van der Waals surface area contributed by atoms with Gasteiger partial charge in [-0.05, 0) is 44.1 Å². The van der Waals surface area contributed by atoms with E-state index in [-0.39, 0.29) is 24.8 Å². The van der Waals surface area contributed by atoms with Crippen LogP contribution in [-0.2, 0) is 23.9 Å². The summed E-state index contributed by atoms with van der Waals surface area (Å²) in [7, 11) is 0. The van der Waals surface area contributed by atoms with E-state index in [1.54, 1.807) is 4.90 Å². The highest BCUT2D eigenvalue weighted by Crippen LogP contribution is 2.47. The predicted octanol–water partition coefficient (Wildman–Crippen LogP) is 4.34. The third-order valence-corrected chi connectivity index (χ3v) is 7.97. The largest absolute Gasteiger partial charge is 0.618 e. The summed E-state index contributed by atoms with van der Waals surface area (Å²) in [6.07, 6.45) is 5.00. The van der Waals surface area contributed by atoms with Crippen molar-refractivity contribution in [3.8, 4) is 0 Å². The second-order valence-corrected chi connectivity index (χ2v) is 10.3. The van der Waals surface area contributed by atoms with Gasteiger partial charge in [0.1, 0.15) is 5.56 Å². The fourth-order valence-corrected chi connectivity index (χ4v) is 6.02. The summed E-state index contributed by atoms with van der Waals surface area (Å²) in [5.41, 5.74) is -0.817. The molecule has 2 atom stereocenters. The molecule has 0 saturated heterocycles. The molecule has 1 aliphatic heterocycles. The monoisotopic (exact) mass is 453 g/mol. The zero-order valence-corrected chi connectivity index (χ0v) is 19.0. The van der Waals surface area contributed by atoms with Gasteiger partial charge in [0.2, 0.25) is 5.91 Å². The zero-order chi connectivity index (χ0) is 23.1. The molecule has 1 N–H and O–H groups in total.